The minimum atomic E-state index is -0.525. The van der Waals surface area contributed by atoms with Crippen molar-refractivity contribution in [3.8, 4) is 0 Å². The Labute approximate surface area is 148 Å². The maximum Gasteiger partial charge on any atom is 0.144 e. The smallest absolute Gasteiger partial charge is 0.144 e. The molecule has 3 rings (SSSR count). The van der Waals surface area contributed by atoms with E-state index in [1.807, 2.05) is 12.1 Å². The minimum Gasteiger partial charge on any atom is -0.314 e. The number of hydrogen-bond donors (Lipinski definition) is 1. The van der Waals surface area contributed by atoms with Crippen LogP contribution in [0, 0.1) is 11.6 Å². The van der Waals surface area contributed by atoms with E-state index in [2.05, 4.69) is 31.1 Å². The summed E-state index contributed by atoms with van der Waals surface area (Å²) in [6, 6.07) is 6.61. The molecule has 1 aromatic carbocycles. The van der Waals surface area contributed by atoms with Crippen LogP contribution in [0.3, 0.4) is 0 Å². The summed E-state index contributed by atoms with van der Waals surface area (Å²) in [5.74, 6) is -1.03. The lowest BCUT2D eigenvalue weighted by Gasteiger charge is -2.36. The molecule has 23 heavy (non-hydrogen) atoms. The van der Waals surface area contributed by atoms with Gasteiger partial charge >= 0.3 is 0 Å². The Hall–Kier alpha value is -1.08. The third-order valence-electron chi connectivity index (χ3n) is 3.92. The van der Waals surface area contributed by atoms with Crippen molar-refractivity contribution in [3.05, 3.63) is 63.9 Å². The lowest BCUT2D eigenvalue weighted by molar-refractivity contribution is 0.149. The molecule has 0 saturated carbocycles. The summed E-state index contributed by atoms with van der Waals surface area (Å²) in [6.45, 7) is 2.50. The number of benzene rings is 1. The number of nitrogens with zero attached hydrogens (tertiary/aromatic N) is 2. The van der Waals surface area contributed by atoms with Gasteiger partial charge in [-0.15, -0.1) is 12.4 Å². The number of aromatic nitrogens is 1. The zero-order chi connectivity index (χ0) is 15.5. The highest BCUT2D eigenvalue weighted by molar-refractivity contribution is 9.10. The molecule has 2 aromatic rings. The Bertz CT molecular complexity index is 657. The SMILES string of the molecule is Cl.Fc1ccc(Br)c(F)c1CN1CCNCC1c1cccnc1. The number of pyridine rings is 1. The van der Waals surface area contributed by atoms with Crippen LogP contribution >= 0.6 is 28.3 Å². The molecule has 124 valence electrons. The van der Waals surface area contributed by atoms with Gasteiger partial charge in [0.1, 0.15) is 11.6 Å². The predicted octanol–water partition coefficient (Wildman–Crippen LogP) is 3.69. The number of nitrogens with one attached hydrogen (secondary N) is 1. The fraction of sp³-hybridized carbons (Fsp3) is 0.312. The standard InChI is InChI=1S/C16H16BrF2N3.ClH/c17-13-3-4-14(18)12(16(13)19)10-22-7-6-21-9-15(22)11-2-1-5-20-8-11;/h1-5,8,15,21H,6-7,9-10H2;1H. The van der Waals surface area contributed by atoms with Crippen molar-refractivity contribution in [1.29, 1.82) is 0 Å². The number of hydrogen-bond acceptors (Lipinski definition) is 3. The lowest BCUT2D eigenvalue weighted by atomic mass is 10.0. The molecule has 0 aliphatic carbocycles. The van der Waals surface area contributed by atoms with E-state index in [1.54, 1.807) is 12.4 Å². The summed E-state index contributed by atoms with van der Waals surface area (Å²) < 4.78 is 28.5. The second kappa shape index (κ2) is 8.15. The third-order valence-corrected chi connectivity index (χ3v) is 4.54. The second-order valence-corrected chi connectivity index (χ2v) is 6.15. The molecule has 0 bridgehead atoms. The molecule has 1 aromatic heterocycles. The molecular formula is C16H17BrClF2N3. The average molecular weight is 405 g/mol. The summed E-state index contributed by atoms with van der Waals surface area (Å²) in [7, 11) is 0. The van der Waals surface area contributed by atoms with Crippen LogP contribution in [0.2, 0.25) is 0 Å². The van der Waals surface area contributed by atoms with E-state index >= 15 is 0 Å². The zero-order valence-corrected chi connectivity index (χ0v) is 14.7. The van der Waals surface area contributed by atoms with Crippen LogP contribution in [0.25, 0.3) is 0 Å². The second-order valence-electron chi connectivity index (χ2n) is 5.30. The van der Waals surface area contributed by atoms with Gasteiger partial charge in [0, 0.05) is 50.2 Å². The Morgan fingerprint density at radius 2 is 2.13 bits per heavy atom. The molecule has 7 heteroatoms. The van der Waals surface area contributed by atoms with Crippen molar-refractivity contribution in [2.45, 2.75) is 12.6 Å². The summed E-state index contributed by atoms with van der Waals surface area (Å²) >= 11 is 3.12. The van der Waals surface area contributed by atoms with Gasteiger partial charge in [-0.2, -0.15) is 0 Å². The predicted molar refractivity (Wildman–Crippen MR) is 91.6 cm³/mol. The lowest BCUT2D eigenvalue weighted by Crippen LogP contribution is -2.45. The summed E-state index contributed by atoms with van der Waals surface area (Å²) in [4.78, 5) is 6.23. The van der Waals surface area contributed by atoms with E-state index in [9.17, 15) is 8.78 Å². The molecule has 1 N–H and O–H groups in total. The van der Waals surface area contributed by atoms with Crippen molar-refractivity contribution < 1.29 is 8.78 Å². The Kier molecular flexibility index (Phi) is 6.47. The number of piperazine rings is 1. The van der Waals surface area contributed by atoms with Gasteiger partial charge in [-0.25, -0.2) is 8.78 Å². The molecule has 0 spiro atoms. The van der Waals surface area contributed by atoms with Crippen molar-refractivity contribution in [2.75, 3.05) is 19.6 Å². The van der Waals surface area contributed by atoms with E-state index in [0.29, 0.717) is 0 Å². The first-order chi connectivity index (χ1) is 10.7. The first-order valence-corrected chi connectivity index (χ1v) is 7.93. The highest BCUT2D eigenvalue weighted by Crippen LogP contribution is 2.27. The highest BCUT2D eigenvalue weighted by atomic mass is 79.9. The van der Waals surface area contributed by atoms with Crippen molar-refractivity contribution in [1.82, 2.24) is 15.2 Å². The van der Waals surface area contributed by atoms with Crippen LogP contribution in [-0.2, 0) is 6.54 Å². The molecule has 1 aliphatic heterocycles. The molecule has 0 amide bonds. The third kappa shape index (κ3) is 4.07. The maximum atomic E-state index is 14.2. The van der Waals surface area contributed by atoms with E-state index in [4.69, 9.17) is 0 Å². The van der Waals surface area contributed by atoms with Crippen LogP contribution in [0.1, 0.15) is 17.2 Å². The monoisotopic (exact) mass is 403 g/mol. The van der Waals surface area contributed by atoms with Crippen LogP contribution < -0.4 is 5.32 Å². The van der Waals surface area contributed by atoms with Crippen LogP contribution in [0.4, 0.5) is 8.78 Å². The molecular weight excluding hydrogens is 388 g/mol. The normalized spacial score (nSPS) is 18.5. The highest BCUT2D eigenvalue weighted by Gasteiger charge is 2.26. The molecule has 3 nitrogen and oxygen atoms in total. The Morgan fingerprint density at radius 3 is 2.87 bits per heavy atom. The van der Waals surface area contributed by atoms with Crippen molar-refractivity contribution in [3.63, 3.8) is 0 Å². The molecule has 1 aliphatic rings. The number of halogens is 4. The van der Waals surface area contributed by atoms with Crippen LogP contribution in [0.5, 0.6) is 0 Å². The zero-order valence-electron chi connectivity index (χ0n) is 12.3. The van der Waals surface area contributed by atoms with Gasteiger partial charge < -0.3 is 5.32 Å². The van der Waals surface area contributed by atoms with E-state index < -0.39 is 11.6 Å². The van der Waals surface area contributed by atoms with E-state index in [0.717, 1.165) is 25.2 Å². The van der Waals surface area contributed by atoms with Gasteiger partial charge in [0.15, 0.2) is 0 Å². The Morgan fingerprint density at radius 1 is 1.30 bits per heavy atom. The quantitative estimate of drug-likeness (QED) is 0.791. The first kappa shape index (κ1) is 18.3. The van der Waals surface area contributed by atoms with E-state index in [1.165, 1.54) is 12.1 Å². The van der Waals surface area contributed by atoms with Gasteiger partial charge in [0.2, 0.25) is 0 Å². The average Bonchev–Trinajstić information content (AvgIpc) is 2.56. The number of rotatable bonds is 3. The van der Waals surface area contributed by atoms with Gasteiger partial charge in [-0.3, -0.25) is 9.88 Å². The van der Waals surface area contributed by atoms with Crippen LogP contribution in [-0.4, -0.2) is 29.5 Å². The Balaban J connectivity index is 0.00000192. The molecule has 1 unspecified atom stereocenters. The first-order valence-electron chi connectivity index (χ1n) is 7.14. The molecule has 2 heterocycles. The van der Waals surface area contributed by atoms with E-state index in [-0.39, 0.29) is 35.0 Å². The van der Waals surface area contributed by atoms with Gasteiger partial charge in [-0.1, -0.05) is 6.07 Å². The largest absolute Gasteiger partial charge is 0.314 e. The summed E-state index contributed by atoms with van der Waals surface area (Å²) in [5, 5.41) is 3.32. The maximum absolute atomic E-state index is 14.2. The van der Waals surface area contributed by atoms with Crippen LogP contribution in [0.15, 0.2) is 41.1 Å². The molecule has 1 saturated heterocycles. The minimum absolute atomic E-state index is 0. The summed E-state index contributed by atoms with van der Waals surface area (Å²) in [5.41, 5.74) is 1.15. The van der Waals surface area contributed by atoms with Crippen molar-refractivity contribution >= 4 is 28.3 Å². The fourth-order valence-electron chi connectivity index (χ4n) is 2.75. The van der Waals surface area contributed by atoms with Gasteiger partial charge in [0.25, 0.3) is 0 Å². The van der Waals surface area contributed by atoms with Gasteiger partial charge in [0.05, 0.1) is 4.47 Å². The molecule has 0 radical (unpaired) electrons. The molecule has 1 atom stereocenters. The molecule has 1 fully saturated rings. The topological polar surface area (TPSA) is 28.2 Å². The summed E-state index contributed by atoms with van der Waals surface area (Å²) in [6.07, 6.45) is 3.52. The fourth-order valence-corrected chi connectivity index (χ4v) is 3.13. The van der Waals surface area contributed by atoms with Crippen molar-refractivity contribution in [2.24, 2.45) is 0 Å². The van der Waals surface area contributed by atoms with Gasteiger partial charge in [-0.05, 0) is 39.7 Å².